The van der Waals surface area contributed by atoms with Crippen molar-refractivity contribution in [3.05, 3.63) is 0 Å². The summed E-state index contributed by atoms with van der Waals surface area (Å²) in [5.74, 6) is -2.57. The Bertz CT molecular complexity index is 701. The molecule has 0 bridgehead atoms. The second kappa shape index (κ2) is 25.7. The highest BCUT2D eigenvalue weighted by molar-refractivity contribution is 5.84. The summed E-state index contributed by atoms with van der Waals surface area (Å²) in [4.78, 5) is 56.7. The van der Waals surface area contributed by atoms with E-state index in [1.807, 2.05) is 0 Å². The molecule has 0 unspecified atom stereocenters. The van der Waals surface area contributed by atoms with Crippen molar-refractivity contribution >= 4 is 29.5 Å². The van der Waals surface area contributed by atoms with Crippen molar-refractivity contribution in [2.24, 2.45) is 0 Å². The maximum absolute atomic E-state index is 12.1. The number of unbranched alkanes of at least 4 members (excludes halogenated alkanes) is 11. The number of amides is 2. The average molecular weight is 559 g/mol. The molecule has 11 nitrogen and oxygen atoms in total. The first-order chi connectivity index (χ1) is 18.7. The fourth-order valence-electron chi connectivity index (χ4n) is 3.92. The highest BCUT2D eigenvalue weighted by Gasteiger charge is 2.20. The standard InChI is InChI=1S/C28H50N2O9/c1-23(31)22-39-21-20-38-19-18-29-25(32)17-16-24(28(36)37)30-26(33)14-12-10-8-6-4-2-3-5-7-9-11-13-15-27(34)35/h24H,2-22H2,1H3,(H,29,32)(H,30,33)(H,34,35)(H,36,37)/t24-/m0/s1. The number of hydrogen-bond acceptors (Lipinski definition) is 7. The Morgan fingerprint density at radius 2 is 1.15 bits per heavy atom. The monoisotopic (exact) mass is 558 g/mol. The SMILES string of the molecule is CC(=O)COCCOCCNC(=O)CC[C@H](NC(=O)CCCCCCCCCCCCCCC(=O)O)C(=O)O. The summed E-state index contributed by atoms with van der Waals surface area (Å²) < 4.78 is 10.3. The minimum absolute atomic E-state index is 0.00891. The molecule has 2 amide bonds. The Labute approximate surface area is 232 Å². The Hall–Kier alpha value is -2.53. The number of hydrogen-bond donors (Lipinski definition) is 4. The van der Waals surface area contributed by atoms with E-state index in [1.54, 1.807) is 0 Å². The highest BCUT2D eigenvalue weighted by atomic mass is 16.5. The van der Waals surface area contributed by atoms with Gasteiger partial charge in [-0.3, -0.25) is 19.2 Å². The maximum Gasteiger partial charge on any atom is 0.326 e. The van der Waals surface area contributed by atoms with Gasteiger partial charge in [0, 0.05) is 25.8 Å². The van der Waals surface area contributed by atoms with Gasteiger partial charge in [0.15, 0.2) is 5.78 Å². The maximum atomic E-state index is 12.1. The summed E-state index contributed by atoms with van der Waals surface area (Å²) >= 11 is 0. The number of ketones is 1. The second-order valence-electron chi connectivity index (χ2n) is 9.85. The van der Waals surface area contributed by atoms with Crippen molar-refractivity contribution in [1.29, 1.82) is 0 Å². The lowest BCUT2D eigenvalue weighted by Crippen LogP contribution is -2.41. The van der Waals surface area contributed by atoms with Crippen LogP contribution in [0.15, 0.2) is 0 Å². The number of nitrogens with one attached hydrogen (secondary N) is 2. The molecule has 0 heterocycles. The van der Waals surface area contributed by atoms with Crippen LogP contribution < -0.4 is 10.6 Å². The van der Waals surface area contributed by atoms with E-state index in [0.29, 0.717) is 13.0 Å². The predicted molar refractivity (Wildman–Crippen MR) is 146 cm³/mol. The number of rotatable bonds is 28. The van der Waals surface area contributed by atoms with Crippen molar-refractivity contribution in [2.45, 2.75) is 116 Å². The van der Waals surface area contributed by atoms with E-state index >= 15 is 0 Å². The van der Waals surface area contributed by atoms with Crippen LogP contribution in [-0.2, 0) is 33.4 Å². The first kappa shape index (κ1) is 36.5. The van der Waals surface area contributed by atoms with Crippen LogP contribution in [0.5, 0.6) is 0 Å². The number of aliphatic carboxylic acids is 2. The molecule has 0 aliphatic rings. The van der Waals surface area contributed by atoms with Crippen LogP contribution in [0.2, 0.25) is 0 Å². The Morgan fingerprint density at radius 3 is 1.67 bits per heavy atom. The van der Waals surface area contributed by atoms with Gasteiger partial charge in [-0.25, -0.2) is 4.79 Å². The van der Waals surface area contributed by atoms with Crippen LogP contribution in [-0.4, -0.2) is 78.8 Å². The fraction of sp³-hybridized carbons (Fsp3) is 0.821. The smallest absolute Gasteiger partial charge is 0.326 e. The average Bonchev–Trinajstić information content (AvgIpc) is 2.87. The van der Waals surface area contributed by atoms with Crippen LogP contribution >= 0.6 is 0 Å². The number of carboxylic acids is 2. The van der Waals surface area contributed by atoms with Crippen LogP contribution in [0, 0.1) is 0 Å². The molecule has 4 N–H and O–H groups in total. The Morgan fingerprint density at radius 1 is 0.641 bits per heavy atom. The number of carbonyl (C=O) groups is 5. The van der Waals surface area contributed by atoms with Crippen LogP contribution in [0.4, 0.5) is 0 Å². The molecule has 11 heteroatoms. The summed E-state index contributed by atoms with van der Waals surface area (Å²) in [6.07, 6.45) is 13.0. The molecule has 0 rings (SSSR count). The zero-order valence-electron chi connectivity index (χ0n) is 23.7. The van der Waals surface area contributed by atoms with E-state index in [2.05, 4.69) is 10.6 Å². The molecule has 0 saturated carbocycles. The molecule has 39 heavy (non-hydrogen) atoms. The van der Waals surface area contributed by atoms with E-state index in [-0.39, 0.29) is 69.6 Å². The van der Waals surface area contributed by atoms with Crippen LogP contribution in [0.1, 0.15) is 110 Å². The van der Waals surface area contributed by atoms with Crippen molar-refractivity contribution in [3.63, 3.8) is 0 Å². The van der Waals surface area contributed by atoms with Crippen molar-refractivity contribution < 1.29 is 43.7 Å². The molecule has 0 aliphatic carbocycles. The normalized spacial score (nSPS) is 11.6. The molecule has 0 fully saturated rings. The van der Waals surface area contributed by atoms with Crippen molar-refractivity contribution in [3.8, 4) is 0 Å². The minimum atomic E-state index is -1.16. The Kier molecular flexibility index (Phi) is 24.1. The second-order valence-corrected chi connectivity index (χ2v) is 9.85. The minimum Gasteiger partial charge on any atom is -0.481 e. The van der Waals surface area contributed by atoms with E-state index in [1.165, 1.54) is 26.2 Å². The summed E-state index contributed by atoms with van der Waals surface area (Å²) in [6.45, 7) is 2.61. The molecule has 0 aliphatic heterocycles. The lowest BCUT2D eigenvalue weighted by atomic mass is 10.0. The van der Waals surface area contributed by atoms with Crippen LogP contribution in [0.25, 0.3) is 0 Å². The summed E-state index contributed by atoms with van der Waals surface area (Å²) in [5, 5.41) is 23.1. The third-order valence-corrected chi connectivity index (χ3v) is 6.08. The highest BCUT2D eigenvalue weighted by Crippen LogP contribution is 2.13. The van der Waals surface area contributed by atoms with Gasteiger partial charge in [-0.05, 0) is 26.2 Å². The van der Waals surface area contributed by atoms with Gasteiger partial charge in [-0.15, -0.1) is 0 Å². The summed E-state index contributed by atoms with van der Waals surface area (Å²) in [6, 6.07) is -1.10. The molecule has 0 aromatic heterocycles. The molecule has 0 aromatic rings. The fourth-order valence-corrected chi connectivity index (χ4v) is 3.92. The molecule has 226 valence electrons. The third kappa shape index (κ3) is 26.8. The van der Waals surface area contributed by atoms with E-state index in [9.17, 15) is 29.1 Å². The van der Waals surface area contributed by atoms with E-state index < -0.39 is 18.0 Å². The Balaban J connectivity index is 3.70. The first-order valence-corrected chi connectivity index (χ1v) is 14.4. The van der Waals surface area contributed by atoms with Crippen molar-refractivity contribution in [2.75, 3.05) is 33.0 Å². The molecular weight excluding hydrogens is 508 g/mol. The quantitative estimate of drug-likeness (QED) is 0.105. The third-order valence-electron chi connectivity index (χ3n) is 6.08. The number of ether oxygens (including phenoxy) is 2. The van der Waals surface area contributed by atoms with E-state index in [0.717, 1.165) is 51.4 Å². The zero-order chi connectivity index (χ0) is 29.1. The summed E-state index contributed by atoms with van der Waals surface area (Å²) in [5.41, 5.74) is 0. The number of Topliss-reactive ketones (excluding diaryl/α,β-unsaturated/α-hetero) is 1. The van der Waals surface area contributed by atoms with Gasteiger partial charge in [0.25, 0.3) is 0 Å². The number of carboxylic acid groups (broad SMARTS) is 2. The van der Waals surface area contributed by atoms with Gasteiger partial charge in [0.1, 0.15) is 12.6 Å². The summed E-state index contributed by atoms with van der Waals surface area (Å²) in [7, 11) is 0. The molecular formula is C28H50N2O9. The molecule has 0 radical (unpaired) electrons. The largest absolute Gasteiger partial charge is 0.481 e. The van der Waals surface area contributed by atoms with Gasteiger partial charge >= 0.3 is 11.9 Å². The van der Waals surface area contributed by atoms with Crippen LogP contribution in [0.3, 0.4) is 0 Å². The van der Waals surface area contributed by atoms with Gasteiger partial charge in [0.2, 0.25) is 11.8 Å². The van der Waals surface area contributed by atoms with Crippen molar-refractivity contribution in [1.82, 2.24) is 10.6 Å². The lowest BCUT2D eigenvalue weighted by molar-refractivity contribution is -0.142. The molecule has 0 spiro atoms. The number of carbonyl (C=O) groups excluding carboxylic acids is 3. The zero-order valence-corrected chi connectivity index (χ0v) is 23.7. The molecule has 1 atom stereocenters. The predicted octanol–water partition coefficient (Wildman–Crippen LogP) is 3.62. The van der Waals surface area contributed by atoms with Gasteiger partial charge in [0.05, 0.1) is 19.8 Å². The van der Waals surface area contributed by atoms with E-state index in [4.69, 9.17) is 14.6 Å². The van der Waals surface area contributed by atoms with Gasteiger partial charge < -0.3 is 30.3 Å². The first-order valence-electron chi connectivity index (χ1n) is 14.4. The molecule has 0 saturated heterocycles. The van der Waals surface area contributed by atoms with Gasteiger partial charge in [-0.2, -0.15) is 0 Å². The molecule has 0 aromatic carbocycles. The lowest BCUT2D eigenvalue weighted by Gasteiger charge is -2.14. The topological polar surface area (TPSA) is 168 Å². The van der Waals surface area contributed by atoms with Gasteiger partial charge in [-0.1, -0.05) is 64.2 Å².